The average molecular weight is 234 g/mol. The summed E-state index contributed by atoms with van der Waals surface area (Å²) in [7, 11) is 0. The second kappa shape index (κ2) is 3.55. The molecule has 0 spiro atoms. The van der Waals surface area contributed by atoms with E-state index in [-0.39, 0.29) is 5.78 Å². The Bertz CT molecular complexity index is 643. The highest BCUT2D eigenvalue weighted by molar-refractivity contribution is 6.18. The Hall–Kier alpha value is -1.89. The molecular formula is C17H14O. The molecule has 0 bridgehead atoms. The highest BCUT2D eigenvalue weighted by Gasteiger charge is 2.35. The second-order valence-electron chi connectivity index (χ2n) is 5.23. The number of benzene rings is 1. The molecule has 1 atom stereocenters. The van der Waals surface area contributed by atoms with Gasteiger partial charge < -0.3 is 0 Å². The molecule has 1 heteroatoms. The lowest BCUT2D eigenvalue weighted by atomic mass is 9.69. The van der Waals surface area contributed by atoms with E-state index in [1.165, 1.54) is 29.6 Å². The number of allylic oxidation sites excluding steroid dienone is 6. The molecule has 0 saturated carbocycles. The molecule has 1 unspecified atom stereocenters. The van der Waals surface area contributed by atoms with Crippen LogP contribution in [0.4, 0.5) is 0 Å². The van der Waals surface area contributed by atoms with Gasteiger partial charge in [0.25, 0.3) is 0 Å². The van der Waals surface area contributed by atoms with Crippen LogP contribution in [0, 0.1) is 5.92 Å². The summed E-state index contributed by atoms with van der Waals surface area (Å²) in [4.78, 5) is 12.5. The van der Waals surface area contributed by atoms with E-state index in [9.17, 15) is 4.79 Å². The molecule has 88 valence electrons. The molecular weight excluding hydrogens is 220 g/mol. The van der Waals surface area contributed by atoms with Crippen molar-refractivity contribution in [3.8, 4) is 0 Å². The van der Waals surface area contributed by atoms with E-state index in [2.05, 4.69) is 18.2 Å². The zero-order valence-corrected chi connectivity index (χ0v) is 10.1. The van der Waals surface area contributed by atoms with Crippen LogP contribution >= 0.6 is 0 Å². The van der Waals surface area contributed by atoms with Gasteiger partial charge in [-0.3, -0.25) is 4.79 Å². The van der Waals surface area contributed by atoms with Crippen molar-refractivity contribution >= 4 is 11.4 Å². The van der Waals surface area contributed by atoms with Crippen molar-refractivity contribution < 1.29 is 4.79 Å². The van der Waals surface area contributed by atoms with Crippen molar-refractivity contribution in [1.29, 1.82) is 0 Å². The minimum Gasteiger partial charge on any atom is -0.289 e. The monoisotopic (exact) mass is 234 g/mol. The molecule has 3 aliphatic carbocycles. The fourth-order valence-corrected chi connectivity index (χ4v) is 3.50. The zero-order valence-electron chi connectivity index (χ0n) is 10.1. The van der Waals surface area contributed by atoms with Crippen molar-refractivity contribution in [1.82, 2.24) is 0 Å². The fraction of sp³-hybridized carbons (Fsp3) is 0.235. The van der Waals surface area contributed by atoms with Gasteiger partial charge in [0.05, 0.1) is 0 Å². The van der Waals surface area contributed by atoms with E-state index in [4.69, 9.17) is 0 Å². The standard InChI is InChI=1S/C17H14O/c18-17-14-8-2-1-7-12(14)13-9-3-5-11-6-4-10-15(17)16(11)13/h1-2,4,6-8,10-11H,3,5,9H2. The third-order valence-corrected chi connectivity index (χ3v) is 4.28. The Morgan fingerprint density at radius 1 is 1.11 bits per heavy atom. The number of Topliss-reactive ketones (excluding diaryl/α,β-unsaturated/α-hetero) is 1. The minimum absolute atomic E-state index is 0.209. The van der Waals surface area contributed by atoms with Crippen LogP contribution in [0.3, 0.4) is 0 Å². The van der Waals surface area contributed by atoms with E-state index >= 15 is 0 Å². The van der Waals surface area contributed by atoms with Crippen LogP contribution in [0.15, 0.2) is 53.6 Å². The largest absolute Gasteiger partial charge is 0.289 e. The summed E-state index contributed by atoms with van der Waals surface area (Å²) in [6, 6.07) is 8.07. The Kier molecular flexibility index (Phi) is 1.99. The summed E-state index contributed by atoms with van der Waals surface area (Å²) in [5.41, 5.74) is 5.73. The van der Waals surface area contributed by atoms with Crippen LogP contribution < -0.4 is 0 Å². The number of hydrogen-bond donors (Lipinski definition) is 0. The number of ketones is 1. The van der Waals surface area contributed by atoms with E-state index in [0.29, 0.717) is 5.92 Å². The van der Waals surface area contributed by atoms with Crippen molar-refractivity contribution in [3.05, 3.63) is 64.8 Å². The van der Waals surface area contributed by atoms with Crippen LogP contribution in [0.5, 0.6) is 0 Å². The first-order valence-corrected chi connectivity index (χ1v) is 6.62. The predicted molar refractivity (Wildman–Crippen MR) is 72.3 cm³/mol. The highest BCUT2D eigenvalue weighted by atomic mass is 16.1. The van der Waals surface area contributed by atoms with Crippen molar-refractivity contribution in [3.63, 3.8) is 0 Å². The maximum atomic E-state index is 12.5. The zero-order chi connectivity index (χ0) is 12.1. The number of rotatable bonds is 0. The molecule has 1 aromatic rings. The first-order chi connectivity index (χ1) is 8.86. The smallest absolute Gasteiger partial charge is 0.193 e. The van der Waals surface area contributed by atoms with Gasteiger partial charge in [-0.15, -0.1) is 0 Å². The Morgan fingerprint density at radius 3 is 2.83 bits per heavy atom. The first kappa shape index (κ1) is 10.1. The molecule has 0 N–H and O–H groups in total. The van der Waals surface area contributed by atoms with Crippen molar-refractivity contribution in [2.75, 3.05) is 0 Å². The molecule has 0 heterocycles. The van der Waals surface area contributed by atoms with Crippen LogP contribution in [0.1, 0.15) is 35.2 Å². The lowest BCUT2D eigenvalue weighted by Crippen LogP contribution is -2.24. The molecule has 0 saturated heterocycles. The van der Waals surface area contributed by atoms with E-state index in [1.54, 1.807) is 0 Å². The van der Waals surface area contributed by atoms with Crippen LogP contribution in [0.2, 0.25) is 0 Å². The van der Waals surface area contributed by atoms with Crippen molar-refractivity contribution in [2.45, 2.75) is 19.3 Å². The molecule has 1 nitrogen and oxygen atoms in total. The number of carbonyl (C=O) groups excluding carboxylic acids is 1. The lowest BCUT2D eigenvalue weighted by Gasteiger charge is -2.34. The van der Waals surface area contributed by atoms with Gasteiger partial charge in [-0.25, -0.2) is 0 Å². The average Bonchev–Trinajstić information content (AvgIpc) is 2.44. The maximum absolute atomic E-state index is 12.5. The van der Waals surface area contributed by atoms with Gasteiger partial charge in [0.1, 0.15) is 0 Å². The van der Waals surface area contributed by atoms with Crippen LogP contribution in [-0.4, -0.2) is 5.78 Å². The van der Waals surface area contributed by atoms with Crippen molar-refractivity contribution in [2.24, 2.45) is 5.92 Å². The summed E-state index contributed by atoms with van der Waals surface area (Å²) in [5, 5.41) is 0. The van der Waals surface area contributed by atoms with Gasteiger partial charge in [0, 0.05) is 17.1 Å². The van der Waals surface area contributed by atoms with E-state index in [0.717, 1.165) is 17.6 Å². The van der Waals surface area contributed by atoms with Gasteiger partial charge in [-0.05, 0) is 36.0 Å². The normalized spacial score (nSPS) is 24.6. The molecule has 0 aromatic heterocycles. The molecule has 0 aliphatic heterocycles. The first-order valence-electron chi connectivity index (χ1n) is 6.62. The molecule has 1 aromatic carbocycles. The fourth-order valence-electron chi connectivity index (χ4n) is 3.50. The number of carbonyl (C=O) groups is 1. The lowest BCUT2D eigenvalue weighted by molar-refractivity contribution is 0.103. The Morgan fingerprint density at radius 2 is 1.94 bits per heavy atom. The van der Waals surface area contributed by atoms with E-state index < -0.39 is 0 Å². The number of hydrogen-bond acceptors (Lipinski definition) is 1. The molecule has 0 radical (unpaired) electrons. The summed E-state index contributed by atoms with van der Waals surface area (Å²) in [5.74, 6) is 0.673. The third-order valence-electron chi connectivity index (χ3n) is 4.28. The summed E-state index contributed by atoms with van der Waals surface area (Å²) < 4.78 is 0. The molecule has 4 rings (SSSR count). The molecule has 18 heavy (non-hydrogen) atoms. The van der Waals surface area contributed by atoms with Crippen LogP contribution in [0.25, 0.3) is 5.57 Å². The predicted octanol–water partition coefficient (Wildman–Crippen LogP) is 3.93. The summed E-state index contributed by atoms with van der Waals surface area (Å²) >= 11 is 0. The molecule has 3 aliphatic rings. The quantitative estimate of drug-likeness (QED) is 0.664. The topological polar surface area (TPSA) is 17.1 Å². The van der Waals surface area contributed by atoms with Gasteiger partial charge >= 0.3 is 0 Å². The molecule has 0 fully saturated rings. The van der Waals surface area contributed by atoms with Gasteiger partial charge in [0.2, 0.25) is 0 Å². The van der Waals surface area contributed by atoms with Gasteiger partial charge in [-0.2, -0.15) is 0 Å². The third kappa shape index (κ3) is 1.19. The SMILES string of the molecule is O=C1C2=CC=CC3CCCC(=C23)c2ccccc21. The number of fused-ring (bicyclic) bond motifs is 2. The maximum Gasteiger partial charge on any atom is 0.193 e. The summed E-state index contributed by atoms with van der Waals surface area (Å²) in [6.07, 6.45) is 9.82. The minimum atomic E-state index is 0.209. The Labute approximate surface area is 107 Å². The van der Waals surface area contributed by atoms with E-state index in [1.807, 2.05) is 24.3 Å². The van der Waals surface area contributed by atoms with Gasteiger partial charge in [0.15, 0.2) is 5.78 Å². The second-order valence-corrected chi connectivity index (χ2v) is 5.23. The van der Waals surface area contributed by atoms with Crippen LogP contribution in [-0.2, 0) is 0 Å². The summed E-state index contributed by atoms with van der Waals surface area (Å²) in [6.45, 7) is 0. The molecule has 0 amide bonds. The highest BCUT2D eigenvalue weighted by Crippen LogP contribution is 2.46. The Balaban J connectivity index is 2.07. The van der Waals surface area contributed by atoms with Gasteiger partial charge in [-0.1, -0.05) is 42.5 Å².